The molecule has 0 radical (unpaired) electrons. The summed E-state index contributed by atoms with van der Waals surface area (Å²) in [5.41, 5.74) is 7.82. The van der Waals surface area contributed by atoms with E-state index >= 15 is 8.78 Å². The van der Waals surface area contributed by atoms with Gasteiger partial charge >= 0.3 is 0 Å². The summed E-state index contributed by atoms with van der Waals surface area (Å²) in [5.74, 6) is -1.43. The maximum Gasteiger partial charge on any atom is 0.227 e. The van der Waals surface area contributed by atoms with Crippen LogP contribution in [0.15, 0.2) is 49.1 Å². The first-order chi connectivity index (χ1) is 27.8. The van der Waals surface area contributed by atoms with Crippen LogP contribution < -0.4 is 20.4 Å². The van der Waals surface area contributed by atoms with E-state index in [1.54, 1.807) is 64.9 Å². The van der Waals surface area contributed by atoms with E-state index in [0.717, 1.165) is 22.3 Å². The Labute approximate surface area is 334 Å². The number of carbonyl (C=O) groups is 4. The maximum absolute atomic E-state index is 15.1. The van der Waals surface area contributed by atoms with Crippen molar-refractivity contribution in [3.8, 4) is 22.3 Å². The first-order valence-corrected chi connectivity index (χ1v) is 19.8. The van der Waals surface area contributed by atoms with Gasteiger partial charge in [-0.05, 0) is 96.2 Å². The largest absolute Gasteiger partial charge is 0.346 e. The van der Waals surface area contributed by atoms with Crippen molar-refractivity contribution in [1.82, 2.24) is 20.6 Å². The summed E-state index contributed by atoms with van der Waals surface area (Å²) in [5, 5.41) is 5.47. The molecule has 0 saturated carbocycles. The smallest absolute Gasteiger partial charge is 0.227 e. The van der Waals surface area contributed by atoms with Gasteiger partial charge in [-0.3, -0.25) is 29.1 Å². The number of halogens is 4. The van der Waals surface area contributed by atoms with E-state index in [2.05, 4.69) is 20.6 Å². The van der Waals surface area contributed by atoms with E-state index in [4.69, 9.17) is 0 Å². The van der Waals surface area contributed by atoms with Crippen LogP contribution in [0.5, 0.6) is 0 Å². The van der Waals surface area contributed by atoms with Crippen molar-refractivity contribution < 1.29 is 36.7 Å². The highest BCUT2D eigenvalue weighted by atomic mass is 19.1. The van der Waals surface area contributed by atoms with Crippen molar-refractivity contribution in [1.29, 1.82) is 0 Å². The molecule has 2 aliphatic heterocycles. The quantitative estimate of drug-likeness (QED) is 0.198. The van der Waals surface area contributed by atoms with Crippen LogP contribution >= 0.6 is 0 Å². The normalized spacial score (nSPS) is 20.8. The third-order valence-electron chi connectivity index (χ3n) is 11.8. The molecule has 0 fully saturated rings. The summed E-state index contributed by atoms with van der Waals surface area (Å²) in [6, 6.07) is 4.76. The average molecular weight is 799 g/mol. The van der Waals surface area contributed by atoms with Gasteiger partial charge in [0.15, 0.2) is 0 Å². The zero-order valence-corrected chi connectivity index (χ0v) is 32.9. The molecule has 2 N–H and O–H groups in total. The second-order valence-electron chi connectivity index (χ2n) is 15.2. The van der Waals surface area contributed by atoms with Crippen molar-refractivity contribution in [2.24, 2.45) is 0 Å². The van der Waals surface area contributed by atoms with Crippen molar-refractivity contribution >= 4 is 35.0 Å². The minimum Gasteiger partial charge on any atom is -0.346 e. The molecule has 8 rings (SSSR count). The van der Waals surface area contributed by atoms with Crippen LogP contribution in [-0.4, -0.2) is 60.0 Å². The fraction of sp³-hybridized carbons (Fsp3) is 0.409. The molecule has 4 atom stereocenters. The van der Waals surface area contributed by atoms with Gasteiger partial charge in [-0.15, -0.1) is 0 Å². The Kier molecular flexibility index (Phi) is 11.7. The number of rotatable bonds is 6. The summed E-state index contributed by atoms with van der Waals surface area (Å²) in [7, 11) is 3.29. The second-order valence-corrected chi connectivity index (χ2v) is 15.2. The van der Waals surface area contributed by atoms with Gasteiger partial charge in [-0.2, -0.15) is 0 Å². The summed E-state index contributed by atoms with van der Waals surface area (Å²) < 4.78 is 59.3. The molecular weight excluding hydrogens is 753 g/mol. The first-order valence-electron chi connectivity index (χ1n) is 19.8. The molecule has 0 bridgehead atoms. The van der Waals surface area contributed by atoms with Gasteiger partial charge in [0.05, 0.1) is 12.1 Å². The number of amides is 4. The molecule has 58 heavy (non-hydrogen) atoms. The molecule has 4 heterocycles. The monoisotopic (exact) mass is 798 g/mol. The Hall–Kier alpha value is -5.66. The minimum absolute atomic E-state index is 0.0353. The molecule has 4 aliphatic rings. The highest BCUT2D eigenvalue weighted by Gasteiger charge is 2.35. The number of nitrogens with zero attached hydrogens (tertiary/aromatic N) is 4. The fourth-order valence-corrected chi connectivity index (χ4v) is 8.48. The van der Waals surface area contributed by atoms with E-state index < -0.39 is 36.1 Å². The lowest BCUT2D eigenvalue weighted by Crippen LogP contribution is -2.37. The molecule has 2 aromatic heterocycles. The lowest BCUT2D eigenvalue weighted by atomic mass is 9.83. The highest BCUT2D eigenvalue weighted by molar-refractivity contribution is 5.97. The summed E-state index contributed by atoms with van der Waals surface area (Å²) in [4.78, 5) is 59.0. The summed E-state index contributed by atoms with van der Waals surface area (Å²) in [6.45, 7) is 3.43. The number of anilines is 2. The van der Waals surface area contributed by atoms with Gasteiger partial charge in [0.2, 0.25) is 23.6 Å². The van der Waals surface area contributed by atoms with Gasteiger partial charge in [0, 0.05) is 98.2 Å². The van der Waals surface area contributed by atoms with E-state index in [-0.39, 0.29) is 49.3 Å². The number of hydrogen-bond donors (Lipinski definition) is 2. The Balaban J connectivity index is 0.000000177. The number of benzene rings is 2. The molecule has 2 aromatic carbocycles. The lowest BCUT2D eigenvalue weighted by molar-refractivity contribution is -0.122. The van der Waals surface area contributed by atoms with Crippen LogP contribution in [0, 0.1) is 11.6 Å². The van der Waals surface area contributed by atoms with Gasteiger partial charge in [0.1, 0.15) is 24.0 Å². The molecule has 0 unspecified atom stereocenters. The van der Waals surface area contributed by atoms with Crippen LogP contribution in [0.3, 0.4) is 0 Å². The standard InChI is InChI=1S/2C22H23F2N3O2/c2*1-3-20(28)26-22-16-11-25-10-15(13(16)5-6-17(22)23)14-8-12-4-7-21(29)27(2)19(12)9-18(14)24/h2*8-11,17,22H,3-7H2,1-2H3,(H,26,28)/t2*17-,22-/m10/s1. The minimum atomic E-state index is -1.21. The van der Waals surface area contributed by atoms with E-state index in [0.29, 0.717) is 83.3 Å². The predicted molar refractivity (Wildman–Crippen MR) is 212 cm³/mol. The Bertz CT molecular complexity index is 2140. The SMILES string of the molecule is CCC(=O)N[C@@H]1c2cncc(-c3cc4c(cc3F)N(C)C(=O)CC4)c2CC[C@H]1F.CCC(=O)N[C@H]1c2cncc(-c3cc4c(cc3F)N(C)C(=O)CC4)c2CC[C@@H]1F. The maximum atomic E-state index is 15.1. The molecule has 4 aromatic rings. The van der Waals surface area contributed by atoms with Crippen molar-refractivity contribution in [3.05, 3.63) is 94.1 Å². The average Bonchev–Trinajstić information content (AvgIpc) is 3.22. The Morgan fingerprint density at radius 1 is 0.621 bits per heavy atom. The number of fused-ring (bicyclic) bond motifs is 4. The van der Waals surface area contributed by atoms with Crippen molar-refractivity contribution in [2.45, 2.75) is 102 Å². The number of aryl methyl sites for hydroxylation is 2. The number of alkyl halides is 2. The number of carbonyl (C=O) groups excluding carboxylic acids is 4. The predicted octanol–water partition coefficient (Wildman–Crippen LogP) is 7.30. The Morgan fingerprint density at radius 2 is 1.02 bits per heavy atom. The van der Waals surface area contributed by atoms with Gasteiger partial charge in [-0.1, -0.05) is 13.8 Å². The van der Waals surface area contributed by atoms with Crippen LogP contribution in [0.2, 0.25) is 0 Å². The summed E-state index contributed by atoms with van der Waals surface area (Å²) in [6.07, 6.45) is 7.70. The zero-order valence-electron chi connectivity index (χ0n) is 32.9. The molecule has 304 valence electrons. The number of hydrogen-bond acceptors (Lipinski definition) is 6. The second kappa shape index (κ2) is 16.7. The van der Waals surface area contributed by atoms with E-state index in [1.807, 2.05) is 0 Å². The molecule has 10 nitrogen and oxygen atoms in total. The molecular formula is C44H46F4N6O4. The van der Waals surface area contributed by atoms with Crippen LogP contribution in [0.4, 0.5) is 28.9 Å². The van der Waals surface area contributed by atoms with Gasteiger partial charge in [0.25, 0.3) is 0 Å². The molecule has 0 spiro atoms. The van der Waals surface area contributed by atoms with Crippen molar-refractivity contribution in [3.63, 3.8) is 0 Å². The van der Waals surface area contributed by atoms with Gasteiger partial charge < -0.3 is 20.4 Å². The lowest BCUT2D eigenvalue weighted by Gasteiger charge is -2.31. The van der Waals surface area contributed by atoms with E-state index in [9.17, 15) is 28.0 Å². The highest BCUT2D eigenvalue weighted by Crippen LogP contribution is 2.42. The third kappa shape index (κ3) is 7.68. The summed E-state index contributed by atoms with van der Waals surface area (Å²) >= 11 is 0. The first kappa shape index (κ1) is 40.5. The van der Waals surface area contributed by atoms with Crippen LogP contribution in [0.1, 0.15) is 97.8 Å². The number of nitrogens with one attached hydrogen (secondary N) is 2. The van der Waals surface area contributed by atoms with Crippen molar-refractivity contribution in [2.75, 3.05) is 23.9 Å². The Morgan fingerprint density at radius 3 is 1.40 bits per heavy atom. The van der Waals surface area contributed by atoms with Crippen LogP contribution in [-0.2, 0) is 44.9 Å². The molecule has 4 amide bonds. The third-order valence-corrected chi connectivity index (χ3v) is 11.8. The van der Waals surface area contributed by atoms with Gasteiger partial charge in [-0.25, -0.2) is 17.6 Å². The zero-order chi connectivity index (χ0) is 41.4. The fourth-order valence-electron chi connectivity index (χ4n) is 8.48. The van der Waals surface area contributed by atoms with E-state index in [1.165, 1.54) is 21.9 Å². The molecule has 2 aliphatic carbocycles. The number of pyridine rings is 2. The molecule has 14 heteroatoms. The number of aromatic nitrogens is 2. The topological polar surface area (TPSA) is 125 Å². The van der Waals surface area contributed by atoms with Crippen LogP contribution in [0.25, 0.3) is 22.3 Å². The molecule has 0 saturated heterocycles.